The van der Waals surface area contributed by atoms with Crippen molar-refractivity contribution in [2.75, 3.05) is 12.5 Å². The van der Waals surface area contributed by atoms with Crippen LogP contribution in [0.15, 0.2) is 40.8 Å². The molecule has 1 aliphatic rings. The lowest BCUT2D eigenvalue weighted by Crippen LogP contribution is -2.08. The Morgan fingerprint density at radius 2 is 1.81 bits per heavy atom. The zero-order valence-corrected chi connectivity index (χ0v) is 10.1. The average molecular weight is 229 g/mol. The minimum atomic E-state index is 0.0266. The SMILES string of the molecule is C[S+](C)/N=C1/C=CC(=C=N)c2ccccc21. The van der Waals surface area contributed by atoms with E-state index in [2.05, 4.69) is 22.8 Å². The van der Waals surface area contributed by atoms with Gasteiger partial charge in [0, 0.05) is 16.7 Å². The summed E-state index contributed by atoms with van der Waals surface area (Å²) >= 11 is 0.0266. The van der Waals surface area contributed by atoms with Crippen LogP contribution in [0.4, 0.5) is 0 Å². The lowest BCUT2D eigenvalue weighted by molar-refractivity contribution is 1.54. The van der Waals surface area contributed by atoms with E-state index in [1.54, 1.807) is 0 Å². The first kappa shape index (κ1) is 10.9. The number of hydrogen-bond acceptors (Lipinski definition) is 2. The standard InChI is InChI=1S/C13H13N2S/c1-16(2)15-13-8-7-10(9-14)11-5-3-4-6-12(11)13/h3-8,14H,1-2H3/q+1/b15-13-. The van der Waals surface area contributed by atoms with Crippen LogP contribution in [0.3, 0.4) is 0 Å². The molecule has 0 atom stereocenters. The molecule has 0 saturated carbocycles. The molecule has 0 unspecified atom stereocenters. The Hall–Kier alpha value is -1.57. The molecule has 16 heavy (non-hydrogen) atoms. The number of benzene rings is 1. The predicted molar refractivity (Wildman–Crippen MR) is 72.5 cm³/mol. The third-order valence-corrected chi connectivity index (χ3v) is 2.88. The van der Waals surface area contributed by atoms with Crippen LogP contribution in [0, 0.1) is 5.41 Å². The Kier molecular flexibility index (Phi) is 3.09. The average Bonchev–Trinajstić information content (AvgIpc) is 2.29. The topological polar surface area (TPSA) is 36.2 Å². The Labute approximate surface area is 98.4 Å². The minimum Gasteiger partial charge on any atom is -0.258 e. The van der Waals surface area contributed by atoms with Gasteiger partial charge in [0.15, 0.2) is 0 Å². The number of nitrogens with one attached hydrogen (secondary N) is 1. The van der Waals surface area contributed by atoms with Gasteiger partial charge in [0.25, 0.3) is 0 Å². The van der Waals surface area contributed by atoms with E-state index >= 15 is 0 Å². The number of allylic oxidation sites excluding steroid dienone is 3. The molecule has 0 heterocycles. The van der Waals surface area contributed by atoms with Crippen LogP contribution in [-0.4, -0.2) is 24.1 Å². The summed E-state index contributed by atoms with van der Waals surface area (Å²) in [4.78, 5) is 0. The molecule has 1 N–H and O–H groups in total. The molecule has 0 aromatic heterocycles. The van der Waals surface area contributed by atoms with E-state index in [1.165, 1.54) is 0 Å². The molecular formula is C13H13N2S+. The number of fused-ring (bicyclic) bond motifs is 1. The predicted octanol–water partition coefficient (Wildman–Crippen LogP) is 2.47. The second-order valence-corrected chi connectivity index (χ2v) is 5.40. The van der Waals surface area contributed by atoms with Crippen LogP contribution in [-0.2, 0) is 11.1 Å². The molecule has 3 heteroatoms. The van der Waals surface area contributed by atoms with Crippen molar-refractivity contribution >= 4 is 28.2 Å². The van der Waals surface area contributed by atoms with E-state index in [9.17, 15) is 0 Å². The van der Waals surface area contributed by atoms with Crippen LogP contribution >= 0.6 is 0 Å². The molecule has 80 valence electrons. The zero-order valence-electron chi connectivity index (χ0n) is 9.32. The maximum absolute atomic E-state index is 7.26. The molecule has 1 aliphatic carbocycles. The highest BCUT2D eigenvalue weighted by Crippen LogP contribution is 2.24. The Morgan fingerprint density at radius 1 is 1.12 bits per heavy atom. The summed E-state index contributed by atoms with van der Waals surface area (Å²) in [5.74, 6) is 2.46. The number of rotatable bonds is 1. The molecule has 2 rings (SSSR count). The molecule has 2 nitrogen and oxygen atoms in total. The van der Waals surface area contributed by atoms with Crippen LogP contribution in [0.25, 0.3) is 5.57 Å². The van der Waals surface area contributed by atoms with Crippen molar-refractivity contribution in [3.63, 3.8) is 0 Å². The van der Waals surface area contributed by atoms with Crippen molar-refractivity contribution in [1.29, 1.82) is 5.41 Å². The van der Waals surface area contributed by atoms with Crippen molar-refractivity contribution in [2.24, 2.45) is 4.40 Å². The van der Waals surface area contributed by atoms with Gasteiger partial charge in [-0.05, 0) is 18.0 Å². The molecule has 1 aromatic carbocycles. The maximum Gasteiger partial charge on any atom is 0.125 e. The molecule has 0 bridgehead atoms. The molecule has 1 aromatic rings. The van der Waals surface area contributed by atoms with Gasteiger partial charge in [0.1, 0.15) is 29.3 Å². The first-order chi connectivity index (χ1) is 7.72. The molecular weight excluding hydrogens is 216 g/mol. The third-order valence-electron chi connectivity index (χ3n) is 2.32. The van der Waals surface area contributed by atoms with Gasteiger partial charge in [-0.3, -0.25) is 5.41 Å². The first-order valence-corrected chi connectivity index (χ1v) is 6.96. The third kappa shape index (κ3) is 2.01. The highest BCUT2D eigenvalue weighted by molar-refractivity contribution is 7.94. The van der Waals surface area contributed by atoms with Crippen molar-refractivity contribution < 1.29 is 0 Å². The molecule has 0 radical (unpaired) electrons. The summed E-state index contributed by atoms with van der Waals surface area (Å²) in [7, 11) is 0. The van der Waals surface area contributed by atoms with E-state index in [0.29, 0.717) is 0 Å². The fourth-order valence-corrected chi connectivity index (χ4v) is 2.22. The van der Waals surface area contributed by atoms with E-state index < -0.39 is 0 Å². The fraction of sp³-hybridized carbons (Fsp3) is 0.154. The summed E-state index contributed by atoms with van der Waals surface area (Å²) in [6.07, 6.45) is 8.05. The van der Waals surface area contributed by atoms with E-state index in [-0.39, 0.29) is 11.1 Å². The minimum absolute atomic E-state index is 0.0266. The summed E-state index contributed by atoms with van der Waals surface area (Å²) in [5.41, 5.74) is 3.97. The lowest BCUT2D eigenvalue weighted by Gasteiger charge is -2.12. The summed E-state index contributed by atoms with van der Waals surface area (Å²) in [6.45, 7) is 0. The number of nitrogens with zero attached hydrogens (tertiary/aromatic N) is 1. The lowest BCUT2D eigenvalue weighted by atomic mass is 9.92. The Morgan fingerprint density at radius 3 is 2.44 bits per heavy atom. The van der Waals surface area contributed by atoms with Gasteiger partial charge in [-0.1, -0.05) is 28.7 Å². The van der Waals surface area contributed by atoms with Crippen molar-refractivity contribution in [3.8, 4) is 0 Å². The fourth-order valence-electron chi connectivity index (χ4n) is 1.67. The summed E-state index contributed by atoms with van der Waals surface area (Å²) < 4.78 is 4.60. The zero-order chi connectivity index (χ0) is 11.5. The quantitative estimate of drug-likeness (QED) is 0.567. The van der Waals surface area contributed by atoms with Gasteiger partial charge >= 0.3 is 0 Å². The van der Waals surface area contributed by atoms with Crippen LogP contribution < -0.4 is 0 Å². The summed E-state index contributed by atoms with van der Waals surface area (Å²) in [6, 6.07) is 8.03. The van der Waals surface area contributed by atoms with Crippen molar-refractivity contribution in [3.05, 3.63) is 47.5 Å². The van der Waals surface area contributed by atoms with Gasteiger partial charge in [0.2, 0.25) is 0 Å². The van der Waals surface area contributed by atoms with Crippen LogP contribution in [0.5, 0.6) is 0 Å². The Bertz CT molecular complexity index is 520. The molecule has 0 fully saturated rings. The van der Waals surface area contributed by atoms with Crippen molar-refractivity contribution in [2.45, 2.75) is 0 Å². The van der Waals surface area contributed by atoms with Crippen LogP contribution in [0.1, 0.15) is 11.1 Å². The van der Waals surface area contributed by atoms with Gasteiger partial charge in [-0.25, -0.2) is 0 Å². The van der Waals surface area contributed by atoms with E-state index in [1.807, 2.05) is 36.4 Å². The first-order valence-electron chi connectivity index (χ1n) is 4.96. The highest BCUT2D eigenvalue weighted by Gasteiger charge is 2.16. The van der Waals surface area contributed by atoms with Gasteiger partial charge < -0.3 is 0 Å². The summed E-state index contributed by atoms with van der Waals surface area (Å²) in [5, 5.41) is 7.26. The van der Waals surface area contributed by atoms with Gasteiger partial charge in [-0.15, -0.1) is 0 Å². The number of hydrogen-bond donors (Lipinski definition) is 1. The monoisotopic (exact) mass is 229 g/mol. The smallest absolute Gasteiger partial charge is 0.125 e. The van der Waals surface area contributed by atoms with E-state index in [4.69, 9.17) is 5.41 Å². The maximum atomic E-state index is 7.26. The molecule has 0 saturated heterocycles. The molecule has 0 aliphatic heterocycles. The molecule has 0 amide bonds. The normalized spacial score (nSPS) is 16.4. The van der Waals surface area contributed by atoms with Crippen LogP contribution in [0.2, 0.25) is 0 Å². The molecule has 0 spiro atoms. The van der Waals surface area contributed by atoms with E-state index in [0.717, 1.165) is 22.4 Å². The largest absolute Gasteiger partial charge is 0.258 e. The Balaban J connectivity index is 2.62. The van der Waals surface area contributed by atoms with Crippen molar-refractivity contribution in [1.82, 2.24) is 0 Å². The second kappa shape index (κ2) is 4.52. The van der Waals surface area contributed by atoms with Gasteiger partial charge in [0.05, 0.1) is 0 Å². The second-order valence-electron chi connectivity index (χ2n) is 3.67. The van der Waals surface area contributed by atoms with Gasteiger partial charge in [-0.2, -0.15) is 0 Å². The highest BCUT2D eigenvalue weighted by atomic mass is 32.2.